The molecule has 0 aliphatic carbocycles. The van der Waals surface area contributed by atoms with Crippen LogP contribution in [0.1, 0.15) is 44.1 Å². The van der Waals surface area contributed by atoms with E-state index in [1.807, 2.05) is 0 Å². The molecule has 1 aromatic heterocycles. The van der Waals surface area contributed by atoms with Crippen molar-refractivity contribution in [2.24, 2.45) is 0 Å². The molecule has 1 heterocycles. The van der Waals surface area contributed by atoms with E-state index in [9.17, 15) is 0 Å². The zero-order valence-corrected chi connectivity index (χ0v) is 13.8. The van der Waals surface area contributed by atoms with Crippen molar-refractivity contribution in [3.63, 3.8) is 0 Å². The zero-order valence-electron chi connectivity index (χ0n) is 13.8. The molecule has 0 saturated carbocycles. The Kier molecular flexibility index (Phi) is 5.63. The van der Waals surface area contributed by atoms with E-state index >= 15 is 0 Å². The highest BCUT2D eigenvalue weighted by atomic mass is 16.5. The number of hydrogen-bond acceptors (Lipinski definition) is 1. The van der Waals surface area contributed by atoms with Gasteiger partial charge in [-0.05, 0) is 37.3 Å². The first-order valence-corrected chi connectivity index (χ1v) is 8.08. The van der Waals surface area contributed by atoms with E-state index in [1.54, 1.807) is 0 Å². The van der Waals surface area contributed by atoms with Crippen LogP contribution in [-0.2, 0) is 24.3 Å². The predicted molar refractivity (Wildman–Crippen MR) is 89.6 cm³/mol. The quantitative estimate of drug-likeness (QED) is 0.655. The van der Waals surface area contributed by atoms with Gasteiger partial charge in [-0.2, -0.15) is 0 Å². The average Bonchev–Trinajstić information content (AvgIpc) is 2.80. The summed E-state index contributed by atoms with van der Waals surface area (Å²) in [6.07, 6.45) is 3.15. The van der Waals surface area contributed by atoms with Gasteiger partial charge in [0.1, 0.15) is 6.73 Å². The van der Waals surface area contributed by atoms with Crippen molar-refractivity contribution in [2.75, 3.05) is 6.61 Å². The Hall–Kier alpha value is -1.54. The zero-order chi connectivity index (χ0) is 15.2. The van der Waals surface area contributed by atoms with Crippen LogP contribution in [0.5, 0.6) is 0 Å². The van der Waals surface area contributed by atoms with Crippen molar-refractivity contribution in [1.29, 1.82) is 0 Å². The van der Waals surface area contributed by atoms with E-state index in [4.69, 9.17) is 4.74 Å². The third kappa shape index (κ3) is 3.21. The Morgan fingerprint density at radius 1 is 1.00 bits per heavy atom. The van der Waals surface area contributed by atoms with E-state index in [0.29, 0.717) is 6.73 Å². The van der Waals surface area contributed by atoms with Gasteiger partial charge in [0.2, 0.25) is 0 Å². The number of hydrogen-bond donors (Lipinski definition) is 0. The van der Waals surface area contributed by atoms with E-state index in [2.05, 4.69) is 62.6 Å². The van der Waals surface area contributed by atoms with Gasteiger partial charge < -0.3 is 9.30 Å². The Labute approximate surface area is 128 Å². The fourth-order valence-corrected chi connectivity index (χ4v) is 3.08. The number of nitrogens with zero attached hydrogens (tertiary/aromatic N) is 1. The highest BCUT2D eigenvalue weighted by Gasteiger charge is 2.19. The molecule has 2 heteroatoms. The fourth-order valence-electron chi connectivity index (χ4n) is 3.08. The highest BCUT2D eigenvalue weighted by molar-refractivity contribution is 5.72. The van der Waals surface area contributed by atoms with Crippen LogP contribution in [0.15, 0.2) is 30.3 Å². The molecular formula is C19H27NO. The van der Waals surface area contributed by atoms with Gasteiger partial charge in [0.05, 0.1) is 0 Å². The minimum absolute atomic E-state index is 0.669. The smallest absolute Gasteiger partial charge is 0.122 e. The summed E-state index contributed by atoms with van der Waals surface area (Å²) in [7, 11) is 0. The van der Waals surface area contributed by atoms with Gasteiger partial charge in [-0.3, -0.25) is 0 Å². The molecule has 0 amide bonds. The minimum atomic E-state index is 0.669. The van der Waals surface area contributed by atoms with Gasteiger partial charge in [0.15, 0.2) is 0 Å². The maximum atomic E-state index is 5.80. The van der Waals surface area contributed by atoms with Crippen LogP contribution in [0.4, 0.5) is 0 Å². The molecule has 0 unspecified atom stereocenters. The summed E-state index contributed by atoms with van der Waals surface area (Å²) >= 11 is 0. The van der Waals surface area contributed by atoms with Gasteiger partial charge in [-0.25, -0.2) is 0 Å². The lowest BCUT2D eigenvalue weighted by molar-refractivity contribution is 0.0749. The summed E-state index contributed by atoms with van der Waals surface area (Å²) in [4.78, 5) is 0. The second kappa shape index (κ2) is 7.46. The Morgan fingerprint density at radius 3 is 2.29 bits per heavy atom. The maximum absolute atomic E-state index is 5.80. The molecule has 0 fully saturated rings. The molecule has 2 rings (SSSR count). The van der Waals surface area contributed by atoms with Crippen molar-refractivity contribution in [1.82, 2.24) is 4.57 Å². The fraction of sp³-hybridized carbons (Fsp3) is 0.474. The molecule has 0 bridgehead atoms. The molecule has 0 aliphatic rings. The first-order valence-electron chi connectivity index (χ1n) is 8.08. The second-order valence-electron chi connectivity index (χ2n) is 5.42. The summed E-state index contributed by atoms with van der Waals surface area (Å²) in [6.45, 7) is 10.3. The molecule has 0 atom stereocenters. The lowest BCUT2D eigenvalue weighted by Gasteiger charge is -2.12. The summed E-state index contributed by atoms with van der Waals surface area (Å²) in [5.41, 5.74) is 6.94. The van der Waals surface area contributed by atoms with Crippen LogP contribution >= 0.6 is 0 Å². The first-order chi connectivity index (χ1) is 10.2. The third-order valence-corrected chi connectivity index (χ3v) is 4.08. The monoisotopic (exact) mass is 285 g/mol. The molecule has 0 N–H and O–H groups in total. The lowest BCUT2D eigenvalue weighted by Crippen LogP contribution is -2.08. The summed E-state index contributed by atoms with van der Waals surface area (Å²) in [5.74, 6) is 0. The van der Waals surface area contributed by atoms with Crippen LogP contribution in [0.2, 0.25) is 0 Å². The van der Waals surface area contributed by atoms with Crippen molar-refractivity contribution in [3.05, 3.63) is 47.3 Å². The molecular weight excluding hydrogens is 258 g/mol. The normalized spacial score (nSPS) is 11.0. The minimum Gasteiger partial charge on any atom is -0.361 e. The van der Waals surface area contributed by atoms with Crippen LogP contribution < -0.4 is 0 Å². The molecule has 1 aromatic carbocycles. The largest absolute Gasteiger partial charge is 0.361 e. The molecule has 2 aromatic rings. The van der Waals surface area contributed by atoms with Crippen molar-refractivity contribution >= 4 is 0 Å². The number of aromatic nitrogens is 1. The molecule has 2 nitrogen and oxygen atoms in total. The summed E-state index contributed by atoms with van der Waals surface area (Å²) in [6, 6.07) is 10.7. The Morgan fingerprint density at radius 2 is 1.71 bits per heavy atom. The van der Waals surface area contributed by atoms with Crippen molar-refractivity contribution in [3.8, 4) is 11.1 Å². The average molecular weight is 285 g/mol. The van der Waals surface area contributed by atoms with Gasteiger partial charge in [-0.15, -0.1) is 0 Å². The van der Waals surface area contributed by atoms with Crippen LogP contribution in [-0.4, -0.2) is 11.2 Å². The van der Waals surface area contributed by atoms with Gasteiger partial charge in [0.25, 0.3) is 0 Å². The van der Waals surface area contributed by atoms with Crippen molar-refractivity contribution < 1.29 is 4.74 Å². The third-order valence-electron chi connectivity index (χ3n) is 4.08. The molecule has 0 saturated heterocycles. The number of rotatable bonds is 7. The van der Waals surface area contributed by atoms with E-state index < -0.39 is 0 Å². The van der Waals surface area contributed by atoms with E-state index in [0.717, 1.165) is 25.9 Å². The summed E-state index contributed by atoms with van der Waals surface area (Å²) < 4.78 is 8.16. The van der Waals surface area contributed by atoms with Gasteiger partial charge in [-0.1, -0.05) is 51.1 Å². The van der Waals surface area contributed by atoms with Crippen LogP contribution in [0.25, 0.3) is 11.1 Å². The molecule has 0 spiro atoms. The van der Waals surface area contributed by atoms with Crippen LogP contribution in [0, 0.1) is 6.92 Å². The molecule has 21 heavy (non-hydrogen) atoms. The van der Waals surface area contributed by atoms with E-state index in [-0.39, 0.29) is 0 Å². The number of ether oxygens (including phenoxy) is 1. The van der Waals surface area contributed by atoms with Gasteiger partial charge in [0, 0.05) is 23.6 Å². The standard InChI is InChI=1S/C19H27NO/c1-5-13-21-14-20-15(4)17(6-2)19(18(20)7-3)16-11-9-8-10-12-16/h8-12H,5-7,13-14H2,1-4H3. The first kappa shape index (κ1) is 15.8. The topological polar surface area (TPSA) is 14.2 Å². The maximum Gasteiger partial charge on any atom is 0.122 e. The highest BCUT2D eigenvalue weighted by Crippen LogP contribution is 2.33. The van der Waals surface area contributed by atoms with Crippen molar-refractivity contribution in [2.45, 2.75) is 53.7 Å². The molecule has 0 radical (unpaired) electrons. The second-order valence-corrected chi connectivity index (χ2v) is 5.42. The predicted octanol–water partition coefficient (Wildman–Crippen LogP) is 4.97. The number of benzene rings is 1. The lowest BCUT2D eigenvalue weighted by atomic mass is 9.98. The molecule has 114 valence electrons. The van der Waals surface area contributed by atoms with Crippen LogP contribution in [0.3, 0.4) is 0 Å². The van der Waals surface area contributed by atoms with Gasteiger partial charge >= 0.3 is 0 Å². The Balaban J connectivity index is 2.50. The Bertz CT molecular complexity index is 569. The molecule has 0 aliphatic heterocycles. The summed E-state index contributed by atoms with van der Waals surface area (Å²) in [5, 5.41) is 0. The van der Waals surface area contributed by atoms with E-state index in [1.165, 1.54) is 28.1 Å². The SMILES string of the molecule is CCCOCn1c(C)c(CC)c(-c2ccccc2)c1CC.